The molecule has 0 saturated carbocycles. The number of piperazine rings is 1. The van der Waals surface area contributed by atoms with Crippen LogP contribution in [0.1, 0.15) is 6.92 Å². The molecule has 0 radical (unpaired) electrons. The summed E-state index contributed by atoms with van der Waals surface area (Å²) in [6.45, 7) is 8.53. The van der Waals surface area contributed by atoms with Crippen LogP contribution in [0.5, 0.6) is 0 Å². The minimum atomic E-state index is -0.0769. The average Bonchev–Trinajstić information content (AvgIpc) is 2.53. The molecule has 118 valence electrons. The minimum absolute atomic E-state index is 0.0412. The third kappa shape index (κ3) is 4.25. The summed E-state index contributed by atoms with van der Waals surface area (Å²) in [5, 5.41) is 5.54. The van der Waals surface area contributed by atoms with E-state index in [1.165, 1.54) is 6.92 Å². The van der Waals surface area contributed by atoms with E-state index >= 15 is 0 Å². The molecule has 3 amide bonds. The van der Waals surface area contributed by atoms with Gasteiger partial charge < -0.3 is 20.4 Å². The zero-order valence-corrected chi connectivity index (χ0v) is 12.8. The van der Waals surface area contributed by atoms with E-state index in [1.807, 2.05) is 29.2 Å². The molecule has 2 N–H and O–H groups in total. The van der Waals surface area contributed by atoms with E-state index in [9.17, 15) is 9.59 Å². The summed E-state index contributed by atoms with van der Waals surface area (Å²) in [4.78, 5) is 26.9. The molecule has 0 bridgehead atoms. The summed E-state index contributed by atoms with van der Waals surface area (Å²) in [7, 11) is 0. The van der Waals surface area contributed by atoms with Gasteiger partial charge in [0.25, 0.3) is 0 Å². The molecule has 0 atom stereocenters. The first-order valence-electron chi connectivity index (χ1n) is 7.36. The molecule has 6 heteroatoms. The maximum atomic E-state index is 11.9. The molecule has 0 aromatic heterocycles. The van der Waals surface area contributed by atoms with E-state index in [0.29, 0.717) is 19.6 Å². The van der Waals surface area contributed by atoms with E-state index < -0.39 is 0 Å². The number of hydrogen-bond acceptors (Lipinski definition) is 3. The Hall–Kier alpha value is -2.50. The fourth-order valence-corrected chi connectivity index (χ4v) is 2.40. The predicted molar refractivity (Wildman–Crippen MR) is 88.1 cm³/mol. The molecule has 1 aliphatic heterocycles. The second kappa shape index (κ2) is 7.49. The van der Waals surface area contributed by atoms with Gasteiger partial charge in [0.15, 0.2) is 0 Å². The van der Waals surface area contributed by atoms with Crippen LogP contribution >= 0.6 is 0 Å². The second-order valence-corrected chi connectivity index (χ2v) is 5.18. The maximum Gasteiger partial charge on any atom is 0.317 e. The number of rotatable bonds is 4. The number of amides is 3. The fourth-order valence-electron chi connectivity index (χ4n) is 2.40. The molecular weight excluding hydrogens is 280 g/mol. The molecule has 0 aliphatic carbocycles. The highest BCUT2D eigenvalue weighted by Gasteiger charge is 2.20. The van der Waals surface area contributed by atoms with Crippen LogP contribution in [-0.2, 0) is 4.79 Å². The van der Waals surface area contributed by atoms with Crippen LogP contribution in [0.4, 0.5) is 16.2 Å². The van der Waals surface area contributed by atoms with Crippen LogP contribution in [-0.4, -0.2) is 49.6 Å². The van der Waals surface area contributed by atoms with Gasteiger partial charge in [-0.2, -0.15) is 0 Å². The van der Waals surface area contributed by atoms with Crippen molar-refractivity contribution in [3.8, 4) is 0 Å². The first-order chi connectivity index (χ1) is 10.6. The van der Waals surface area contributed by atoms with Crippen molar-refractivity contribution < 1.29 is 9.59 Å². The zero-order valence-electron chi connectivity index (χ0n) is 12.8. The van der Waals surface area contributed by atoms with Gasteiger partial charge in [-0.05, 0) is 24.3 Å². The number of anilines is 2. The lowest BCUT2D eigenvalue weighted by molar-refractivity contribution is -0.114. The van der Waals surface area contributed by atoms with E-state index in [1.54, 1.807) is 6.08 Å². The third-order valence-electron chi connectivity index (χ3n) is 3.52. The standard InChI is InChI=1S/C16H22N4O2/c1-3-8-17-16(22)20-11-9-19(10-12-20)15-6-4-14(5-7-15)18-13(2)21/h3-7H,1,8-12H2,2H3,(H,17,22)(H,18,21). The fraction of sp³-hybridized carbons (Fsp3) is 0.375. The summed E-state index contributed by atoms with van der Waals surface area (Å²) >= 11 is 0. The van der Waals surface area contributed by atoms with Crippen LogP contribution in [0.15, 0.2) is 36.9 Å². The van der Waals surface area contributed by atoms with Gasteiger partial charge in [-0.3, -0.25) is 4.79 Å². The molecule has 0 unspecified atom stereocenters. The number of nitrogens with zero attached hydrogens (tertiary/aromatic N) is 2. The summed E-state index contributed by atoms with van der Waals surface area (Å²) in [5.41, 5.74) is 1.89. The van der Waals surface area contributed by atoms with E-state index in [-0.39, 0.29) is 11.9 Å². The lowest BCUT2D eigenvalue weighted by Crippen LogP contribution is -2.51. The van der Waals surface area contributed by atoms with E-state index in [2.05, 4.69) is 22.1 Å². The zero-order chi connectivity index (χ0) is 15.9. The first-order valence-corrected chi connectivity index (χ1v) is 7.36. The third-order valence-corrected chi connectivity index (χ3v) is 3.52. The monoisotopic (exact) mass is 302 g/mol. The molecule has 1 aliphatic rings. The average molecular weight is 302 g/mol. The number of nitrogens with one attached hydrogen (secondary N) is 2. The molecule has 1 aromatic carbocycles. The maximum absolute atomic E-state index is 11.9. The Bertz CT molecular complexity index is 534. The normalized spacial score (nSPS) is 14.4. The van der Waals surface area contributed by atoms with Crippen LogP contribution in [0.2, 0.25) is 0 Å². The van der Waals surface area contributed by atoms with Crippen molar-refractivity contribution in [2.24, 2.45) is 0 Å². The highest BCUT2D eigenvalue weighted by molar-refractivity contribution is 5.88. The molecule has 1 fully saturated rings. The molecule has 22 heavy (non-hydrogen) atoms. The molecule has 1 heterocycles. The largest absolute Gasteiger partial charge is 0.368 e. The Morgan fingerprint density at radius 3 is 2.36 bits per heavy atom. The number of urea groups is 1. The predicted octanol–water partition coefficient (Wildman–Crippen LogP) is 1.66. The molecule has 0 spiro atoms. The first kappa shape index (κ1) is 15.9. The quantitative estimate of drug-likeness (QED) is 0.832. The van der Waals surface area contributed by atoms with Gasteiger partial charge in [0.1, 0.15) is 0 Å². The van der Waals surface area contributed by atoms with Crippen LogP contribution in [0.3, 0.4) is 0 Å². The Morgan fingerprint density at radius 1 is 1.18 bits per heavy atom. The Morgan fingerprint density at radius 2 is 1.82 bits per heavy atom. The number of hydrogen-bond donors (Lipinski definition) is 2. The Balaban J connectivity index is 1.87. The molecule has 1 saturated heterocycles. The van der Waals surface area contributed by atoms with E-state index in [0.717, 1.165) is 24.5 Å². The molecule has 6 nitrogen and oxygen atoms in total. The summed E-state index contributed by atoms with van der Waals surface area (Å²) in [6.07, 6.45) is 1.67. The number of carbonyl (C=O) groups is 2. The van der Waals surface area contributed by atoms with Gasteiger partial charge in [0.2, 0.25) is 5.91 Å². The molecule has 2 rings (SSSR count). The molecule has 1 aromatic rings. The van der Waals surface area contributed by atoms with Gasteiger partial charge in [0.05, 0.1) is 0 Å². The van der Waals surface area contributed by atoms with Crippen molar-refractivity contribution in [2.75, 3.05) is 42.9 Å². The Labute approximate surface area is 130 Å². The lowest BCUT2D eigenvalue weighted by Gasteiger charge is -2.36. The lowest BCUT2D eigenvalue weighted by atomic mass is 10.2. The van der Waals surface area contributed by atoms with Crippen molar-refractivity contribution in [1.82, 2.24) is 10.2 Å². The SMILES string of the molecule is C=CCNC(=O)N1CCN(c2ccc(NC(C)=O)cc2)CC1. The summed E-state index contributed by atoms with van der Waals surface area (Å²) < 4.78 is 0. The van der Waals surface area contributed by atoms with Gasteiger partial charge >= 0.3 is 6.03 Å². The van der Waals surface area contributed by atoms with Gasteiger partial charge in [0, 0.05) is 51.0 Å². The number of carbonyl (C=O) groups excluding carboxylic acids is 2. The smallest absolute Gasteiger partial charge is 0.317 e. The summed E-state index contributed by atoms with van der Waals surface area (Å²) in [6, 6.07) is 7.71. The topological polar surface area (TPSA) is 64.7 Å². The second-order valence-electron chi connectivity index (χ2n) is 5.18. The van der Waals surface area contributed by atoms with Crippen LogP contribution in [0.25, 0.3) is 0 Å². The summed E-state index contributed by atoms with van der Waals surface area (Å²) in [5.74, 6) is -0.0769. The molecular formula is C16H22N4O2. The van der Waals surface area contributed by atoms with Crippen molar-refractivity contribution >= 4 is 23.3 Å². The van der Waals surface area contributed by atoms with Crippen molar-refractivity contribution in [1.29, 1.82) is 0 Å². The highest BCUT2D eigenvalue weighted by atomic mass is 16.2. The van der Waals surface area contributed by atoms with Gasteiger partial charge in [-0.15, -0.1) is 6.58 Å². The van der Waals surface area contributed by atoms with Gasteiger partial charge in [-0.25, -0.2) is 4.79 Å². The highest BCUT2D eigenvalue weighted by Crippen LogP contribution is 2.19. The van der Waals surface area contributed by atoms with Gasteiger partial charge in [-0.1, -0.05) is 6.08 Å². The minimum Gasteiger partial charge on any atom is -0.368 e. The van der Waals surface area contributed by atoms with Crippen molar-refractivity contribution in [3.05, 3.63) is 36.9 Å². The van der Waals surface area contributed by atoms with Crippen molar-refractivity contribution in [3.63, 3.8) is 0 Å². The van der Waals surface area contributed by atoms with Crippen LogP contribution < -0.4 is 15.5 Å². The van der Waals surface area contributed by atoms with Crippen LogP contribution in [0, 0.1) is 0 Å². The number of benzene rings is 1. The van der Waals surface area contributed by atoms with E-state index in [4.69, 9.17) is 0 Å². The Kier molecular flexibility index (Phi) is 5.41. The van der Waals surface area contributed by atoms with Crippen molar-refractivity contribution in [2.45, 2.75) is 6.92 Å².